The molecule has 5 heteroatoms. The Bertz CT molecular complexity index is 684. The van der Waals surface area contributed by atoms with E-state index in [4.69, 9.17) is 5.73 Å². The molecule has 1 fully saturated rings. The van der Waals surface area contributed by atoms with E-state index in [1.807, 2.05) is 0 Å². The first-order valence-electron chi connectivity index (χ1n) is 7.07. The molecule has 3 rings (SSSR count). The van der Waals surface area contributed by atoms with Crippen LogP contribution in [0.4, 0.5) is 11.6 Å². The fourth-order valence-corrected chi connectivity index (χ4v) is 3.13. The lowest BCUT2D eigenvalue weighted by Gasteiger charge is -2.35. The molecule has 106 valence electrons. The van der Waals surface area contributed by atoms with Gasteiger partial charge in [0.05, 0.1) is 10.9 Å². The van der Waals surface area contributed by atoms with E-state index in [0.29, 0.717) is 34.4 Å². The molecule has 0 spiro atoms. The number of fused-ring (bicyclic) bond motifs is 1. The zero-order valence-corrected chi connectivity index (χ0v) is 11.9. The second kappa shape index (κ2) is 4.81. The van der Waals surface area contributed by atoms with Gasteiger partial charge in [0.2, 0.25) is 5.95 Å². The zero-order valence-electron chi connectivity index (χ0n) is 11.9. The molecule has 0 aliphatic carbocycles. The van der Waals surface area contributed by atoms with Crippen molar-refractivity contribution in [2.45, 2.75) is 20.3 Å². The van der Waals surface area contributed by atoms with Crippen LogP contribution in [0.25, 0.3) is 10.9 Å². The predicted molar refractivity (Wildman–Crippen MR) is 81.9 cm³/mol. The molecule has 5 nitrogen and oxygen atoms in total. The minimum absolute atomic E-state index is 0.122. The quantitative estimate of drug-likeness (QED) is 0.778. The van der Waals surface area contributed by atoms with E-state index in [2.05, 4.69) is 28.7 Å². The van der Waals surface area contributed by atoms with Crippen LogP contribution < -0.4 is 16.2 Å². The number of benzene rings is 1. The van der Waals surface area contributed by atoms with Gasteiger partial charge >= 0.3 is 0 Å². The Morgan fingerprint density at radius 3 is 2.70 bits per heavy atom. The number of hydrogen-bond donors (Lipinski definition) is 2. The van der Waals surface area contributed by atoms with Crippen molar-refractivity contribution in [2.24, 2.45) is 11.8 Å². The van der Waals surface area contributed by atoms with Crippen molar-refractivity contribution in [1.82, 2.24) is 9.97 Å². The summed E-state index contributed by atoms with van der Waals surface area (Å²) in [5.41, 5.74) is 6.88. The number of hydrogen-bond acceptors (Lipinski definition) is 4. The molecule has 0 amide bonds. The normalized spacial score (nSPS) is 23.2. The van der Waals surface area contributed by atoms with Gasteiger partial charge in [0, 0.05) is 18.8 Å². The summed E-state index contributed by atoms with van der Waals surface area (Å²) in [6.45, 7) is 6.35. The lowest BCUT2D eigenvalue weighted by Crippen LogP contribution is -2.40. The van der Waals surface area contributed by atoms with Crippen LogP contribution in [0.1, 0.15) is 20.3 Å². The van der Waals surface area contributed by atoms with Gasteiger partial charge in [-0.15, -0.1) is 0 Å². The van der Waals surface area contributed by atoms with Crippen molar-refractivity contribution < 1.29 is 0 Å². The Hall–Kier alpha value is -2.04. The van der Waals surface area contributed by atoms with Crippen LogP contribution in [0.15, 0.2) is 23.0 Å². The molecule has 2 aromatic rings. The summed E-state index contributed by atoms with van der Waals surface area (Å²) in [5, 5.41) is 0.548. The van der Waals surface area contributed by atoms with Crippen LogP contribution in [0.2, 0.25) is 0 Å². The lowest BCUT2D eigenvalue weighted by molar-refractivity contribution is 0.353. The molecular weight excluding hydrogens is 252 g/mol. The van der Waals surface area contributed by atoms with Crippen molar-refractivity contribution in [3.8, 4) is 0 Å². The number of nitrogens with one attached hydrogen (secondary N) is 1. The minimum atomic E-state index is -0.122. The third kappa shape index (κ3) is 2.35. The van der Waals surface area contributed by atoms with E-state index < -0.39 is 0 Å². The fraction of sp³-hybridized carbons (Fsp3) is 0.467. The van der Waals surface area contributed by atoms with Crippen molar-refractivity contribution in [3.63, 3.8) is 0 Å². The SMILES string of the molecule is CC1CC(C)CN(c2nc3ccc(N)cc3c(=O)[nH]2)C1. The van der Waals surface area contributed by atoms with Crippen LogP contribution in [0.5, 0.6) is 0 Å². The second-order valence-corrected chi connectivity index (χ2v) is 6.02. The number of rotatable bonds is 1. The Morgan fingerprint density at radius 1 is 1.30 bits per heavy atom. The standard InChI is InChI=1S/C15H20N4O/c1-9-5-10(2)8-19(7-9)15-17-13-4-3-11(16)6-12(13)14(20)18-15/h3-4,6,9-10H,5,7-8,16H2,1-2H3,(H,17,18,20). The highest BCUT2D eigenvalue weighted by Gasteiger charge is 2.23. The topological polar surface area (TPSA) is 75.0 Å². The number of aromatic amines is 1. The Labute approximate surface area is 117 Å². The maximum atomic E-state index is 12.2. The molecular formula is C15H20N4O. The molecule has 0 bridgehead atoms. The van der Waals surface area contributed by atoms with E-state index >= 15 is 0 Å². The van der Waals surface area contributed by atoms with E-state index in [0.717, 1.165) is 13.1 Å². The van der Waals surface area contributed by atoms with Crippen LogP contribution >= 0.6 is 0 Å². The monoisotopic (exact) mass is 272 g/mol. The zero-order chi connectivity index (χ0) is 14.3. The van der Waals surface area contributed by atoms with Crippen LogP contribution in [0, 0.1) is 11.8 Å². The maximum Gasteiger partial charge on any atom is 0.260 e. The van der Waals surface area contributed by atoms with Gasteiger partial charge in [-0.25, -0.2) is 4.98 Å². The van der Waals surface area contributed by atoms with Gasteiger partial charge in [0.25, 0.3) is 5.56 Å². The second-order valence-electron chi connectivity index (χ2n) is 6.02. The first kappa shape index (κ1) is 13.0. The highest BCUT2D eigenvalue weighted by atomic mass is 16.1. The van der Waals surface area contributed by atoms with Crippen LogP contribution in [0.3, 0.4) is 0 Å². The average molecular weight is 272 g/mol. The first-order chi connectivity index (χ1) is 9.52. The Kier molecular flexibility index (Phi) is 3.12. The van der Waals surface area contributed by atoms with E-state index in [1.54, 1.807) is 18.2 Å². The summed E-state index contributed by atoms with van der Waals surface area (Å²) in [5.74, 6) is 1.91. The minimum Gasteiger partial charge on any atom is -0.399 e. The lowest BCUT2D eigenvalue weighted by atomic mass is 9.92. The number of nitrogens with two attached hydrogens (primary N) is 1. The molecule has 1 aliphatic heterocycles. The van der Waals surface area contributed by atoms with Crippen molar-refractivity contribution >= 4 is 22.5 Å². The third-order valence-electron chi connectivity index (χ3n) is 3.89. The first-order valence-corrected chi connectivity index (χ1v) is 7.07. The van der Waals surface area contributed by atoms with Crippen LogP contribution in [-0.4, -0.2) is 23.1 Å². The van der Waals surface area contributed by atoms with Gasteiger partial charge in [0.15, 0.2) is 0 Å². The summed E-state index contributed by atoms with van der Waals surface area (Å²) in [6.07, 6.45) is 1.23. The molecule has 20 heavy (non-hydrogen) atoms. The van der Waals surface area contributed by atoms with Gasteiger partial charge in [-0.3, -0.25) is 9.78 Å². The highest BCUT2D eigenvalue weighted by molar-refractivity contribution is 5.81. The number of nitrogen functional groups attached to an aromatic ring is 1. The van der Waals surface area contributed by atoms with Gasteiger partial charge in [0.1, 0.15) is 0 Å². The van der Waals surface area contributed by atoms with Gasteiger partial charge in [-0.05, 0) is 36.5 Å². The molecule has 0 saturated carbocycles. The van der Waals surface area contributed by atoms with Gasteiger partial charge < -0.3 is 10.6 Å². The molecule has 1 saturated heterocycles. The number of nitrogens with zero attached hydrogens (tertiary/aromatic N) is 2. The summed E-state index contributed by atoms with van der Waals surface area (Å²) < 4.78 is 0. The molecule has 3 N–H and O–H groups in total. The molecule has 0 radical (unpaired) electrons. The third-order valence-corrected chi connectivity index (χ3v) is 3.89. The Balaban J connectivity index is 2.04. The molecule has 1 aromatic heterocycles. The van der Waals surface area contributed by atoms with Crippen molar-refractivity contribution in [2.75, 3.05) is 23.7 Å². The van der Waals surface area contributed by atoms with E-state index in [9.17, 15) is 4.79 Å². The highest BCUT2D eigenvalue weighted by Crippen LogP contribution is 2.24. The summed E-state index contributed by atoms with van der Waals surface area (Å²) in [6, 6.07) is 5.26. The predicted octanol–water partition coefficient (Wildman–Crippen LogP) is 1.99. The summed E-state index contributed by atoms with van der Waals surface area (Å²) in [4.78, 5) is 21.8. The molecule has 1 aliphatic rings. The Morgan fingerprint density at radius 2 is 2.00 bits per heavy atom. The maximum absolute atomic E-state index is 12.2. The number of piperidine rings is 1. The van der Waals surface area contributed by atoms with Gasteiger partial charge in [-0.2, -0.15) is 0 Å². The number of aromatic nitrogens is 2. The summed E-state index contributed by atoms with van der Waals surface area (Å²) in [7, 11) is 0. The van der Waals surface area contributed by atoms with Crippen molar-refractivity contribution in [3.05, 3.63) is 28.6 Å². The average Bonchev–Trinajstić information content (AvgIpc) is 2.38. The van der Waals surface area contributed by atoms with E-state index in [1.165, 1.54) is 6.42 Å². The fourth-order valence-electron chi connectivity index (χ4n) is 3.13. The number of anilines is 2. The molecule has 1 aromatic carbocycles. The number of H-pyrrole nitrogens is 1. The molecule has 2 unspecified atom stereocenters. The molecule has 2 atom stereocenters. The molecule has 2 heterocycles. The van der Waals surface area contributed by atoms with E-state index in [-0.39, 0.29) is 5.56 Å². The van der Waals surface area contributed by atoms with Gasteiger partial charge in [-0.1, -0.05) is 13.8 Å². The smallest absolute Gasteiger partial charge is 0.260 e. The largest absolute Gasteiger partial charge is 0.399 e. The van der Waals surface area contributed by atoms with Crippen molar-refractivity contribution in [1.29, 1.82) is 0 Å². The van der Waals surface area contributed by atoms with Crippen LogP contribution in [-0.2, 0) is 0 Å². The summed E-state index contributed by atoms with van der Waals surface area (Å²) >= 11 is 0.